The molecule has 0 radical (unpaired) electrons. The molecule has 4 atom stereocenters. The first-order valence-corrected chi connectivity index (χ1v) is 21.5. The fourth-order valence-electron chi connectivity index (χ4n) is 7.42. The number of aliphatic hydroxyl groups is 2. The summed E-state index contributed by atoms with van der Waals surface area (Å²) in [4.78, 5) is 42.6. The molecule has 3 fully saturated rings. The molecule has 62 heavy (non-hydrogen) atoms. The van der Waals surface area contributed by atoms with E-state index in [4.69, 9.17) is 0 Å². The predicted molar refractivity (Wildman–Crippen MR) is 234 cm³/mol. The lowest BCUT2D eigenvalue weighted by atomic mass is 10.1. The van der Waals surface area contributed by atoms with E-state index in [0.29, 0.717) is 47.1 Å². The maximum absolute atomic E-state index is 13.9. The molecule has 0 saturated heterocycles. The molecule has 8 N–H and O–H groups in total. The Morgan fingerprint density at radius 1 is 0.742 bits per heavy atom. The van der Waals surface area contributed by atoms with Crippen LogP contribution in [0.25, 0.3) is 11.3 Å². The number of aliphatic hydroxyl groups excluding tert-OH is 2. The highest BCUT2D eigenvalue weighted by molar-refractivity contribution is 6.04. The monoisotopic (exact) mass is 848 g/mol. The van der Waals surface area contributed by atoms with Gasteiger partial charge in [-0.15, -0.1) is 10.2 Å². The highest BCUT2D eigenvalue weighted by Gasteiger charge is 2.29. The van der Waals surface area contributed by atoms with Gasteiger partial charge in [0.25, 0.3) is 11.8 Å². The first-order valence-electron chi connectivity index (χ1n) is 21.5. The topological polar surface area (TPSA) is 233 Å². The molecule has 9 rings (SSSR count). The van der Waals surface area contributed by atoms with Crippen LogP contribution in [0.5, 0.6) is 0 Å². The number of amides is 2. The zero-order valence-electron chi connectivity index (χ0n) is 35.0. The van der Waals surface area contributed by atoms with E-state index in [0.717, 1.165) is 86.6 Å². The zero-order chi connectivity index (χ0) is 43.3. The van der Waals surface area contributed by atoms with E-state index in [2.05, 4.69) is 62.0 Å². The summed E-state index contributed by atoms with van der Waals surface area (Å²) < 4.78 is 16.9. The van der Waals surface area contributed by atoms with E-state index in [1.165, 1.54) is 23.0 Å². The molecule has 18 nitrogen and oxygen atoms in total. The molecule has 3 aliphatic carbocycles. The van der Waals surface area contributed by atoms with Crippen LogP contribution >= 0.6 is 0 Å². The third-order valence-corrected chi connectivity index (χ3v) is 11.3. The lowest BCUT2D eigenvalue weighted by Crippen LogP contribution is -2.33. The van der Waals surface area contributed by atoms with Crippen LogP contribution in [-0.2, 0) is 6.42 Å². The van der Waals surface area contributed by atoms with Gasteiger partial charge in [-0.3, -0.25) is 19.6 Å². The second-order valence-electron chi connectivity index (χ2n) is 16.0. The molecule has 3 saturated carbocycles. The summed E-state index contributed by atoms with van der Waals surface area (Å²) >= 11 is 0. The van der Waals surface area contributed by atoms with Gasteiger partial charge in [-0.2, -0.15) is 0 Å². The van der Waals surface area contributed by atoms with Crippen molar-refractivity contribution in [2.24, 2.45) is 0 Å². The molecule has 326 valence electrons. The van der Waals surface area contributed by atoms with Gasteiger partial charge in [0.2, 0.25) is 0 Å². The Bertz CT molecular complexity index is 2540. The van der Waals surface area contributed by atoms with Crippen molar-refractivity contribution in [2.75, 3.05) is 31.9 Å². The lowest BCUT2D eigenvalue weighted by Gasteiger charge is -2.23. The molecule has 6 aromatic rings. The fraction of sp³-hybridized carbons (Fsp3) is 0.442. The van der Waals surface area contributed by atoms with Gasteiger partial charge in [-0.05, 0) is 81.9 Å². The molecule has 3 aliphatic rings. The van der Waals surface area contributed by atoms with Crippen LogP contribution in [0.2, 0.25) is 0 Å². The molecule has 6 aromatic heterocycles. The number of carbonyl (C=O) groups excluding carboxylic acids is 2. The van der Waals surface area contributed by atoms with Crippen molar-refractivity contribution in [3.05, 3.63) is 84.2 Å². The summed E-state index contributed by atoms with van der Waals surface area (Å²) in [6.45, 7) is 5.99. The van der Waals surface area contributed by atoms with Gasteiger partial charge in [-0.1, -0.05) is 20.8 Å². The van der Waals surface area contributed by atoms with E-state index in [1.807, 2.05) is 32.9 Å². The van der Waals surface area contributed by atoms with E-state index >= 15 is 0 Å². The van der Waals surface area contributed by atoms with Crippen LogP contribution in [0.4, 0.5) is 38.8 Å². The van der Waals surface area contributed by atoms with Crippen molar-refractivity contribution < 1.29 is 24.2 Å². The number of carbonyl (C=O) groups is 2. The van der Waals surface area contributed by atoms with Crippen molar-refractivity contribution in [3.63, 3.8) is 0 Å². The van der Waals surface area contributed by atoms with Crippen LogP contribution in [0.1, 0.15) is 105 Å². The first kappa shape index (κ1) is 42.2. The number of nitrogens with one attached hydrogen (secondary N) is 6. The zero-order valence-corrected chi connectivity index (χ0v) is 35.0. The van der Waals surface area contributed by atoms with E-state index in [1.54, 1.807) is 29.2 Å². The number of imidazole rings is 2. The number of hydrogen-bond donors (Lipinski definition) is 8. The number of aryl methyl sites for hydroxylation is 1. The molecular formula is C43H53FN14O4. The van der Waals surface area contributed by atoms with Gasteiger partial charge in [0.05, 0.1) is 59.9 Å². The quantitative estimate of drug-likeness (QED) is 0.0568. The minimum absolute atomic E-state index is 0.0321. The minimum Gasteiger partial charge on any atom is -0.391 e. The molecule has 0 bridgehead atoms. The maximum Gasteiger partial charge on any atom is 0.276 e. The van der Waals surface area contributed by atoms with Gasteiger partial charge < -0.3 is 42.1 Å². The first-order chi connectivity index (χ1) is 30.1. The van der Waals surface area contributed by atoms with Crippen molar-refractivity contribution in [1.29, 1.82) is 0 Å². The van der Waals surface area contributed by atoms with Gasteiger partial charge in [0.1, 0.15) is 11.6 Å². The van der Waals surface area contributed by atoms with Crippen LogP contribution in [-0.4, -0.2) is 97.6 Å². The normalized spacial score (nSPS) is 18.1. The molecule has 19 heteroatoms. The molecule has 0 spiro atoms. The lowest BCUT2D eigenvalue weighted by molar-refractivity contribution is 0.101. The Morgan fingerprint density at radius 2 is 1.32 bits per heavy atom. The summed E-state index contributed by atoms with van der Waals surface area (Å²) in [5.41, 5.74) is 4.93. The smallest absolute Gasteiger partial charge is 0.276 e. The summed E-state index contributed by atoms with van der Waals surface area (Å²) in [5, 5.41) is 48.7. The Balaban J connectivity index is 0.000000171. The van der Waals surface area contributed by atoms with Crippen molar-refractivity contribution in [2.45, 2.75) is 121 Å². The average Bonchev–Trinajstić information content (AvgIpc) is 4.14. The van der Waals surface area contributed by atoms with E-state index in [-0.39, 0.29) is 29.4 Å². The van der Waals surface area contributed by atoms with E-state index in [9.17, 15) is 24.2 Å². The molecule has 0 unspecified atom stereocenters. The van der Waals surface area contributed by atoms with Gasteiger partial charge in [-0.25, -0.2) is 23.4 Å². The average molecular weight is 849 g/mol. The standard InChI is InChI=1S/C23H31N7O2.C20H22FN7O2/c1-4-14-12-24-10-9-17(14)28-23(32)19-13-25-22-18(26-15-7-8-15)11-21(29-30(19)22)27-16(5-2)20(31)6-3;21-12-9-22-7-6-13(12)26-20(30)16-10-23-19-15(24-11-4-5-11)8-18(27-28(16)19)25-14-2-1-3-17(14)29/h9-13,15-16,20,26,31H,4-8H2,1-3H3,(H,27,29)(H,24,28,32);6-11,14,17,24,29H,1-5H2,(H,25,27)(H,22,26,30)/t16-,20-;14-,17-/m10/s1. The number of pyridine rings is 2. The van der Waals surface area contributed by atoms with Crippen LogP contribution in [0, 0.1) is 5.82 Å². The third-order valence-electron chi connectivity index (χ3n) is 11.3. The number of nitrogens with zero attached hydrogens (tertiary/aromatic N) is 8. The minimum atomic E-state index is -0.624. The van der Waals surface area contributed by atoms with Crippen LogP contribution in [0.3, 0.4) is 0 Å². The Labute approximate surface area is 357 Å². The SMILES string of the molecule is CCc1cnccc1NC(=O)c1cnc2c(NC3CC3)cc(N[C@H](CC)[C@H](O)CC)nn12.O=C(Nc1ccncc1F)c1cnc2c(NC3CC3)cc(N[C@H]3CCC[C@@H]3O)nn12. The number of aromatic nitrogens is 8. The maximum atomic E-state index is 13.9. The Morgan fingerprint density at radius 3 is 1.87 bits per heavy atom. The summed E-state index contributed by atoms with van der Waals surface area (Å²) in [6.07, 6.45) is 17.0. The summed E-state index contributed by atoms with van der Waals surface area (Å²) in [5.74, 6) is -0.318. The van der Waals surface area contributed by atoms with E-state index < -0.39 is 23.9 Å². The molecule has 0 aromatic carbocycles. The summed E-state index contributed by atoms with van der Waals surface area (Å²) in [6, 6.07) is 7.51. The number of rotatable bonds is 16. The molecular weight excluding hydrogens is 796 g/mol. The molecule has 6 heterocycles. The third kappa shape index (κ3) is 9.68. The van der Waals surface area contributed by atoms with Crippen LogP contribution < -0.4 is 31.9 Å². The second kappa shape index (κ2) is 18.7. The summed E-state index contributed by atoms with van der Waals surface area (Å²) in [7, 11) is 0. The van der Waals surface area contributed by atoms with Crippen LogP contribution in [0.15, 0.2) is 61.4 Å². The van der Waals surface area contributed by atoms with Crippen molar-refractivity contribution in [1.82, 2.24) is 39.2 Å². The van der Waals surface area contributed by atoms with Gasteiger partial charge in [0, 0.05) is 48.5 Å². The second-order valence-corrected chi connectivity index (χ2v) is 16.0. The highest BCUT2D eigenvalue weighted by Crippen LogP contribution is 2.31. The van der Waals surface area contributed by atoms with Crippen molar-refractivity contribution >= 4 is 57.5 Å². The predicted octanol–water partition coefficient (Wildman–Crippen LogP) is 5.89. The number of anilines is 6. The Hall–Kier alpha value is -6.47. The molecule has 2 amide bonds. The van der Waals surface area contributed by atoms with Crippen molar-refractivity contribution in [3.8, 4) is 0 Å². The van der Waals surface area contributed by atoms with Gasteiger partial charge >= 0.3 is 0 Å². The highest BCUT2D eigenvalue weighted by atomic mass is 19.1. The fourth-order valence-corrected chi connectivity index (χ4v) is 7.42. The number of hydrogen-bond acceptors (Lipinski definition) is 14. The largest absolute Gasteiger partial charge is 0.391 e. The van der Waals surface area contributed by atoms with Gasteiger partial charge in [0.15, 0.2) is 28.5 Å². The number of halogens is 1. The molecule has 0 aliphatic heterocycles. The Kier molecular flexibility index (Phi) is 12.7. The number of fused-ring (bicyclic) bond motifs is 2.